The number of hydrogen-bond donors (Lipinski definition) is 1. The largest absolute Gasteiger partial charge is 0.328 e. The Morgan fingerprint density at radius 2 is 2.00 bits per heavy atom. The molecule has 1 nitrogen and oxygen atoms in total. The Labute approximate surface area is 76.7 Å². The van der Waals surface area contributed by atoms with E-state index in [-0.39, 0.29) is 0 Å². The molecule has 1 saturated carbocycles. The summed E-state index contributed by atoms with van der Waals surface area (Å²) in [5.74, 6) is 0.894. The minimum atomic E-state index is 0.482. The molecule has 0 saturated heterocycles. The molecule has 0 aromatic rings. The fraction of sp³-hybridized carbons (Fsp3) is 1.00. The zero-order valence-corrected chi connectivity index (χ0v) is 8.77. The zero-order chi connectivity index (χ0) is 9.19. The summed E-state index contributed by atoms with van der Waals surface area (Å²) >= 11 is 0. The molecule has 2 N–H and O–H groups in total. The van der Waals surface area contributed by atoms with Gasteiger partial charge >= 0.3 is 0 Å². The van der Waals surface area contributed by atoms with E-state index in [0.717, 1.165) is 5.92 Å². The maximum atomic E-state index is 5.96. The third-order valence-electron chi connectivity index (χ3n) is 3.79. The number of rotatable bonds is 3. The van der Waals surface area contributed by atoms with E-state index < -0.39 is 0 Å². The van der Waals surface area contributed by atoms with Gasteiger partial charge in [-0.3, -0.25) is 0 Å². The number of nitrogens with two attached hydrogens (primary N) is 1. The van der Waals surface area contributed by atoms with Crippen molar-refractivity contribution in [2.45, 2.75) is 58.9 Å². The SMILES string of the molecule is CCC(CC)C1(C)CCC(N)C1. The van der Waals surface area contributed by atoms with Gasteiger partial charge in [-0.2, -0.15) is 0 Å². The van der Waals surface area contributed by atoms with Crippen molar-refractivity contribution in [2.24, 2.45) is 17.1 Å². The van der Waals surface area contributed by atoms with Crippen LogP contribution in [0.5, 0.6) is 0 Å². The maximum absolute atomic E-state index is 5.96. The lowest BCUT2D eigenvalue weighted by Gasteiger charge is -2.33. The zero-order valence-electron chi connectivity index (χ0n) is 8.77. The Kier molecular flexibility index (Phi) is 3.16. The summed E-state index contributed by atoms with van der Waals surface area (Å²) in [5, 5.41) is 0. The van der Waals surface area contributed by atoms with Crippen molar-refractivity contribution < 1.29 is 0 Å². The average Bonchev–Trinajstić information content (AvgIpc) is 2.34. The first-order chi connectivity index (χ1) is 5.62. The Hall–Kier alpha value is -0.0400. The lowest BCUT2D eigenvalue weighted by molar-refractivity contribution is 0.178. The standard InChI is InChI=1S/C11H23N/c1-4-9(5-2)11(3)7-6-10(12)8-11/h9-10H,4-8,12H2,1-3H3. The lowest BCUT2D eigenvalue weighted by Crippen LogP contribution is -2.26. The third kappa shape index (κ3) is 1.82. The van der Waals surface area contributed by atoms with Crippen molar-refractivity contribution in [2.75, 3.05) is 0 Å². The molecule has 12 heavy (non-hydrogen) atoms. The van der Waals surface area contributed by atoms with Crippen LogP contribution in [0.1, 0.15) is 52.9 Å². The first kappa shape index (κ1) is 10.0. The highest BCUT2D eigenvalue weighted by Crippen LogP contribution is 2.45. The molecule has 1 heteroatoms. The van der Waals surface area contributed by atoms with Crippen LogP contribution in [0.4, 0.5) is 0 Å². The third-order valence-corrected chi connectivity index (χ3v) is 3.79. The van der Waals surface area contributed by atoms with E-state index in [1.165, 1.54) is 32.1 Å². The molecule has 72 valence electrons. The Bertz CT molecular complexity index is 140. The quantitative estimate of drug-likeness (QED) is 0.690. The Morgan fingerprint density at radius 3 is 2.33 bits per heavy atom. The summed E-state index contributed by atoms with van der Waals surface area (Å²) in [6, 6.07) is 0.482. The van der Waals surface area contributed by atoms with Gasteiger partial charge < -0.3 is 5.73 Å². The van der Waals surface area contributed by atoms with Crippen molar-refractivity contribution in [1.82, 2.24) is 0 Å². The van der Waals surface area contributed by atoms with Gasteiger partial charge in [0.1, 0.15) is 0 Å². The molecule has 0 aliphatic heterocycles. The Morgan fingerprint density at radius 1 is 1.42 bits per heavy atom. The summed E-state index contributed by atoms with van der Waals surface area (Å²) in [6.45, 7) is 7.05. The van der Waals surface area contributed by atoms with Gasteiger partial charge in [-0.05, 0) is 30.6 Å². The van der Waals surface area contributed by atoms with Crippen LogP contribution in [-0.2, 0) is 0 Å². The second-order valence-electron chi connectivity index (χ2n) is 4.67. The molecule has 0 heterocycles. The molecule has 2 atom stereocenters. The van der Waals surface area contributed by atoms with Gasteiger partial charge in [0, 0.05) is 6.04 Å². The van der Waals surface area contributed by atoms with E-state index in [1.807, 2.05) is 0 Å². The van der Waals surface area contributed by atoms with E-state index in [0.29, 0.717) is 11.5 Å². The first-order valence-corrected chi connectivity index (χ1v) is 5.38. The first-order valence-electron chi connectivity index (χ1n) is 5.38. The van der Waals surface area contributed by atoms with Crippen molar-refractivity contribution in [3.05, 3.63) is 0 Å². The fourth-order valence-electron chi connectivity index (χ4n) is 2.96. The minimum Gasteiger partial charge on any atom is -0.328 e. The topological polar surface area (TPSA) is 26.0 Å². The van der Waals surface area contributed by atoms with Gasteiger partial charge in [-0.25, -0.2) is 0 Å². The van der Waals surface area contributed by atoms with Crippen LogP contribution in [0.15, 0.2) is 0 Å². The monoisotopic (exact) mass is 169 g/mol. The summed E-state index contributed by atoms with van der Waals surface area (Å²) in [5.41, 5.74) is 6.52. The summed E-state index contributed by atoms with van der Waals surface area (Å²) in [4.78, 5) is 0. The van der Waals surface area contributed by atoms with Crippen LogP contribution in [0.2, 0.25) is 0 Å². The molecular weight excluding hydrogens is 146 g/mol. The van der Waals surface area contributed by atoms with Gasteiger partial charge in [0.15, 0.2) is 0 Å². The van der Waals surface area contributed by atoms with Crippen LogP contribution in [-0.4, -0.2) is 6.04 Å². The second-order valence-corrected chi connectivity index (χ2v) is 4.67. The van der Waals surface area contributed by atoms with Gasteiger partial charge in [0.25, 0.3) is 0 Å². The van der Waals surface area contributed by atoms with Crippen molar-refractivity contribution in [3.8, 4) is 0 Å². The highest BCUT2D eigenvalue weighted by Gasteiger charge is 2.38. The highest BCUT2D eigenvalue weighted by atomic mass is 14.7. The summed E-state index contributed by atoms with van der Waals surface area (Å²) in [7, 11) is 0. The van der Waals surface area contributed by atoms with E-state index in [9.17, 15) is 0 Å². The molecule has 1 rings (SSSR count). The fourth-order valence-corrected chi connectivity index (χ4v) is 2.96. The lowest BCUT2D eigenvalue weighted by atomic mass is 9.73. The molecule has 0 aromatic heterocycles. The normalized spacial score (nSPS) is 36.2. The van der Waals surface area contributed by atoms with Crippen LogP contribution in [0.3, 0.4) is 0 Å². The Balaban J connectivity index is 2.58. The van der Waals surface area contributed by atoms with E-state index >= 15 is 0 Å². The molecule has 1 fully saturated rings. The maximum Gasteiger partial charge on any atom is 0.00443 e. The molecular formula is C11H23N. The predicted molar refractivity (Wildman–Crippen MR) is 54.0 cm³/mol. The van der Waals surface area contributed by atoms with Crippen LogP contribution in [0.25, 0.3) is 0 Å². The molecule has 2 unspecified atom stereocenters. The number of hydrogen-bond acceptors (Lipinski definition) is 1. The molecule has 0 radical (unpaired) electrons. The van der Waals surface area contributed by atoms with Gasteiger partial charge in [-0.1, -0.05) is 33.6 Å². The minimum absolute atomic E-state index is 0.482. The van der Waals surface area contributed by atoms with Gasteiger partial charge in [0.2, 0.25) is 0 Å². The van der Waals surface area contributed by atoms with Crippen LogP contribution < -0.4 is 5.73 Å². The molecule has 0 aromatic carbocycles. The van der Waals surface area contributed by atoms with Crippen LogP contribution in [0, 0.1) is 11.3 Å². The van der Waals surface area contributed by atoms with Crippen molar-refractivity contribution in [3.63, 3.8) is 0 Å². The van der Waals surface area contributed by atoms with E-state index in [1.54, 1.807) is 0 Å². The predicted octanol–water partition coefficient (Wildman–Crippen LogP) is 2.94. The average molecular weight is 169 g/mol. The summed E-state index contributed by atoms with van der Waals surface area (Å²) < 4.78 is 0. The van der Waals surface area contributed by atoms with Crippen molar-refractivity contribution >= 4 is 0 Å². The smallest absolute Gasteiger partial charge is 0.00443 e. The molecule has 0 amide bonds. The van der Waals surface area contributed by atoms with Crippen LogP contribution >= 0.6 is 0 Å². The van der Waals surface area contributed by atoms with E-state index in [4.69, 9.17) is 5.73 Å². The van der Waals surface area contributed by atoms with E-state index in [2.05, 4.69) is 20.8 Å². The molecule has 0 spiro atoms. The molecule has 1 aliphatic rings. The molecule has 1 aliphatic carbocycles. The van der Waals surface area contributed by atoms with Gasteiger partial charge in [0.05, 0.1) is 0 Å². The molecule has 0 bridgehead atoms. The summed E-state index contributed by atoms with van der Waals surface area (Å²) in [6.07, 6.45) is 6.48. The highest BCUT2D eigenvalue weighted by molar-refractivity contribution is 4.91. The van der Waals surface area contributed by atoms with Gasteiger partial charge in [-0.15, -0.1) is 0 Å². The van der Waals surface area contributed by atoms with Crippen molar-refractivity contribution in [1.29, 1.82) is 0 Å². The second kappa shape index (κ2) is 3.78.